The number of anilines is 1. The van der Waals surface area contributed by atoms with Gasteiger partial charge in [-0.1, -0.05) is 0 Å². The molecule has 0 aromatic heterocycles. The van der Waals surface area contributed by atoms with E-state index in [2.05, 4.69) is 5.43 Å². The fourth-order valence-corrected chi connectivity index (χ4v) is 1.41. The monoisotopic (exact) mass is 241 g/mol. The maximum Gasteiger partial charge on any atom is 0.240 e. The molecule has 0 spiro atoms. The highest BCUT2D eigenvalue weighted by molar-refractivity contribution is 7.89. The molecule has 0 atom stereocenters. The number of nitrogens with one attached hydrogen (secondary N) is 1. The van der Waals surface area contributed by atoms with Crippen molar-refractivity contribution in [3.8, 4) is 0 Å². The number of rotatable bonds is 2. The highest BCUT2D eigenvalue weighted by Gasteiger charge is 2.13. The lowest BCUT2D eigenvalue weighted by atomic mass is 10.3. The van der Waals surface area contributed by atoms with Gasteiger partial charge in [0.25, 0.3) is 0 Å². The van der Waals surface area contributed by atoms with Crippen LogP contribution in [0.1, 0.15) is 0 Å². The van der Waals surface area contributed by atoms with E-state index >= 15 is 0 Å². The molecule has 80 valence electrons. The molecule has 0 saturated carbocycles. The van der Waals surface area contributed by atoms with E-state index in [0.717, 1.165) is 12.1 Å². The molecule has 0 bridgehead atoms. The summed E-state index contributed by atoms with van der Waals surface area (Å²) >= 11 is 0. The zero-order valence-electron chi connectivity index (χ0n) is 6.90. The van der Waals surface area contributed by atoms with Crippen LogP contribution in [0.4, 0.5) is 10.1 Å². The Kier molecular flexibility index (Phi) is 4.27. The second-order valence-electron chi connectivity index (χ2n) is 2.33. The number of primary sulfonamides is 1. The minimum Gasteiger partial charge on any atom is -0.324 e. The summed E-state index contributed by atoms with van der Waals surface area (Å²) in [4.78, 5) is -0.550. The van der Waals surface area contributed by atoms with E-state index in [1.807, 2.05) is 0 Å². The molecule has 8 heteroatoms. The molecular formula is C6H9ClFN3O2S. The Morgan fingerprint density at radius 1 is 1.36 bits per heavy atom. The lowest BCUT2D eigenvalue weighted by Gasteiger charge is -2.02. The van der Waals surface area contributed by atoms with Crippen LogP contribution in [0.3, 0.4) is 0 Å². The van der Waals surface area contributed by atoms with Gasteiger partial charge in [-0.05, 0) is 18.2 Å². The van der Waals surface area contributed by atoms with Gasteiger partial charge in [0.1, 0.15) is 10.7 Å². The standard InChI is InChI=1S/C6H8FN3O2S.ClH/c7-5-3-4(10-8)1-2-6(5)13(9,11)12;/h1-3,10H,8H2,(H2,9,11,12);1H. The first-order valence-corrected chi connectivity index (χ1v) is 4.79. The van der Waals surface area contributed by atoms with Crippen molar-refractivity contribution in [1.82, 2.24) is 0 Å². The van der Waals surface area contributed by atoms with Gasteiger partial charge < -0.3 is 5.43 Å². The smallest absolute Gasteiger partial charge is 0.240 e. The molecule has 5 nitrogen and oxygen atoms in total. The van der Waals surface area contributed by atoms with Gasteiger partial charge in [0.2, 0.25) is 10.0 Å². The Balaban J connectivity index is 0.00000169. The molecule has 1 rings (SSSR count). The van der Waals surface area contributed by atoms with Crippen molar-refractivity contribution in [2.24, 2.45) is 11.0 Å². The number of halogens is 2. The molecule has 0 aliphatic carbocycles. The molecule has 1 aromatic carbocycles. The molecule has 0 fully saturated rings. The van der Waals surface area contributed by atoms with Gasteiger partial charge in [-0.3, -0.25) is 5.84 Å². The maximum atomic E-state index is 13.0. The van der Waals surface area contributed by atoms with Crippen LogP contribution in [0.5, 0.6) is 0 Å². The molecule has 0 heterocycles. The largest absolute Gasteiger partial charge is 0.324 e. The third-order valence-electron chi connectivity index (χ3n) is 1.41. The summed E-state index contributed by atoms with van der Waals surface area (Å²) in [5.41, 5.74) is 2.44. The minimum absolute atomic E-state index is 0. The molecule has 0 unspecified atom stereocenters. The van der Waals surface area contributed by atoms with E-state index in [1.165, 1.54) is 6.07 Å². The lowest BCUT2D eigenvalue weighted by molar-refractivity contribution is 0.568. The van der Waals surface area contributed by atoms with Crippen LogP contribution in [0.15, 0.2) is 23.1 Å². The SMILES string of the molecule is Cl.NNc1ccc(S(N)(=O)=O)c(F)c1. The van der Waals surface area contributed by atoms with Crippen LogP contribution < -0.4 is 16.4 Å². The fourth-order valence-electron chi connectivity index (χ4n) is 0.821. The molecule has 0 aliphatic rings. The van der Waals surface area contributed by atoms with Gasteiger partial charge >= 0.3 is 0 Å². The summed E-state index contributed by atoms with van der Waals surface area (Å²) in [5, 5.41) is 4.73. The zero-order chi connectivity index (χ0) is 10.1. The molecule has 0 amide bonds. The summed E-state index contributed by atoms with van der Waals surface area (Å²) in [6, 6.07) is 3.29. The normalized spacial score (nSPS) is 10.5. The van der Waals surface area contributed by atoms with Crippen molar-refractivity contribution in [3.63, 3.8) is 0 Å². The predicted molar refractivity (Wildman–Crippen MR) is 52.8 cm³/mol. The van der Waals surface area contributed by atoms with E-state index < -0.39 is 20.7 Å². The van der Waals surface area contributed by atoms with Crippen LogP contribution in [0, 0.1) is 5.82 Å². The maximum absolute atomic E-state index is 13.0. The van der Waals surface area contributed by atoms with Crippen LogP contribution in [0.2, 0.25) is 0 Å². The summed E-state index contributed by atoms with van der Waals surface area (Å²) in [6.07, 6.45) is 0. The van der Waals surface area contributed by atoms with Crippen LogP contribution in [-0.4, -0.2) is 8.42 Å². The quantitative estimate of drug-likeness (QED) is 0.508. The average molecular weight is 242 g/mol. The average Bonchev–Trinajstić information content (AvgIpc) is 2.01. The second-order valence-corrected chi connectivity index (χ2v) is 3.86. The Bertz CT molecular complexity index is 423. The van der Waals surface area contributed by atoms with Gasteiger partial charge in [0, 0.05) is 0 Å². The number of hydrogen-bond donors (Lipinski definition) is 3. The molecule has 1 aromatic rings. The summed E-state index contributed by atoms with van der Waals surface area (Å²) in [7, 11) is -4.00. The number of hydrogen-bond acceptors (Lipinski definition) is 4. The van der Waals surface area contributed by atoms with Crippen molar-refractivity contribution in [2.75, 3.05) is 5.43 Å². The minimum atomic E-state index is -4.00. The van der Waals surface area contributed by atoms with Crippen molar-refractivity contribution in [2.45, 2.75) is 4.90 Å². The first-order chi connectivity index (χ1) is 5.95. The fraction of sp³-hybridized carbons (Fsp3) is 0. The lowest BCUT2D eigenvalue weighted by Crippen LogP contribution is -2.15. The first-order valence-electron chi connectivity index (χ1n) is 3.24. The summed E-state index contributed by atoms with van der Waals surface area (Å²) in [5.74, 6) is 4.05. The van der Waals surface area contributed by atoms with Crippen molar-refractivity contribution in [3.05, 3.63) is 24.0 Å². The van der Waals surface area contributed by atoms with Gasteiger partial charge in [0.05, 0.1) is 5.69 Å². The van der Waals surface area contributed by atoms with Crippen molar-refractivity contribution in [1.29, 1.82) is 0 Å². The number of nitrogens with two attached hydrogens (primary N) is 2. The Hall–Kier alpha value is -0.890. The van der Waals surface area contributed by atoms with E-state index in [1.54, 1.807) is 0 Å². The first kappa shape index (κ1) is 13.1. The van der Waals surface area contributed by atoms with Gasteiger partial charge in [-0.2, -0.15) is 0 Å². The van der Waals surface area contributed by atoms with Gasteiger partial charge in [-0.15, -0.1) is 12.4 Å². The third-order valence-corrected chi connectivity index (χ3v) is 2.35. The van der Waals surface area contributed by atoms with E-state index in [-0.39, 0.29) is 18.1 Å². The highest BCUT2D eigenvalue weighted by atomic mass is 35.5. The molecule has 0 radical (unpaired) electrons. The van der Waals surface area contributed by atoms with Gasteiger partial charge in [0.15, 0.2) is 0 Å². The number of sulfonamides is 1. The Labute approximate surface area is 86.7 Å². The molecule has 0 saturated heterocycles. The van der Waals surface area contributed by atoms with Crippen LogP contribution in [0.25, 0.3) is 0 Å². The number of hydrazine groups is 1. The second kappa shape index (κ2) is 4.56. The van der Waals surface area contributed by atoms with Crippen LogP contribution in [-0.2, 0) is 10.0 Å². The van der Waals surface area contributed by atoms with E-state index in [4.69, 9.17) is 11.0 Å². The summed E-state index contributed by atoms with van der Waals surface area (Å²) < 4.78 is 34.5. The Morgan fingerprint density at radius 2 is 1.93 bits per heavy atom. The molecule has 0 aliphatic heterocycles. The van der Waals surface area contributed by atoms with Crippen LogP contribution >= 0.6 is 12.4 Å². The predicted octanol–water partition coefficient (Wildman–Crippen LogP) is 0.181. The van der Waals surface area contributed by atoms with Crippen molar-refractivity contribution < 1.29 is 12.8 Å². The number of benzene rings is 1. The third kappa shape index (κ3) is 2.81. The van der Waals surface area contributed by atoms with Crippen molar-refractivity contribution >= 4 is 28.1 Å². The molecular weight excluding hydrogens is 233 g/mol. The van der Waals surface area contributed by atoms with E-state index in [9.17, 15) is 12.8 Å². The summed E-state index contributed by atoms with van der Waals surface area (Å²) in [6.45, 7) is 0. The molecule has 14 heavy (non-hydrogen) atoms. The zero-order valence-corrected chi connectivity index (χ0v) is 8.53. The van der Waals surface area contributed by atoms with Gasteiger partial charge in [-0.25, -0.2) is 17.9 Å². The van der Waals surface area contributed by atoms with E-state index in [0.29, 0.717) is 0 Å². The highest BCUT2D eigenvalue weighted by Crippen LogP contribution is 2.16. The topological polar surface area (TPSA) is 98.2 Å². The Morgan fingerprint density at radius 3 is 2.29 bits per heavy atom. The number of nitrogen functional groups attached to an aromatic ring is 1. The molecule has 5 N–H and O–H groups in total.